The van der Waals surface area contributed by atoms with Gasteiger partial charge in [0.25, 0.3) is 0 Å². The lowest BCUT2D eigenvalue weighted by molar-refractivity contribution is 0.0214. The summed E-state index contributed by atoms with van der Waals surface area (Å²) in [5.41, 5.74) is 1.36. The van der Waals surface area contributed by atoms with Gasteiger partial charge >= 0.3 is 12.1 Å². The number of anilines is 1. The molecule has 0 aliphatic carbocycles. The Morgan fingerprint density at radius 1 is 1.23 bits per heavy atom. The van der Waals surface area contributed by atoms with E-state index >= 15 is 0 Å². The largest absolute Gasteiger partial charge is 0.465 e. The van der Waals surface area contributed by atoms with Gasteiger partial charge in [0.2, 0.25) is 0 Å². The molecule has 7 nitrogen and oxygen atoms in total. The number of esters is 1. The summed E-state index contributed by atoms with van der Waals surface area (Å²) in [5.74, 6) is -0.459. The molecule has 0 saturated carbocycles. The second kappa shape index (κ2) is 6.79. The quantitative estimate of drug-likeness (QED) is 0.830. The molecule has 1 aromatic rings. The number of rotatable bonds is 3. The van der Waals surface area contributed by atoms with Crippen LogP contribution in [0.2, 0.25) is 0 Å². The maximum atomic E-state index is 12.3. The number of aliphatic hydroxyl groups is 1. The van der Waals surface area contributed by atoms with Crippen molar-refractivity contribution in [3.05, 3.63) is 29.3 Å². The van der Waals surface area contributed by atoms with E-state index in [1.54, 1.807) is 6.07 Å². The highest BCUT2D eigenvalue weighted by Crippen LogP contribution is 2.36. The molecule has 142 valence electrons. The maximum absolute atomic E-state index is 12.3. The van der Waals surface area contributed by atoms with Gasteiger partial charge in [0, 0.05) is 24.8 Å². The van der Waals surface area contributed by atoms with E-state index in [9.17, 15) is 14.7 Å². The summed E-state index contributed by atoms with van der Waals surface area (Å²) in [6.07, 6.45) is 0.633. The van der Waals surface area contributed by atoms with E-state index in [0.717, 1.165) is 12.1 Å². The maximum Gasteiger partial charge on any atom is 0.410 e. The Balaban J connectivity index is 1.73. The number of benzene rings is 1. The monoisotopic (exact) mass is 362 g/mol. The molecule has 7 heteroatoms. The minimum Gasteiger partial charge on any atom is -0.465 e. The van der Waals surface area contributed by atoms with Crippen LogP contribution >= 0.6 is 0 Å². The van der Waals surface area contributed by atoms with Crippen LogP contribution in [0.15, 0.2) is 18.2 Å². The van der Waals surface area contributed by atoms with Crippen molar-refractivity contribution in [2.24, 2.45) is 0 Å². The summed E-state index contributed by atoms with van der Waals surface area (Å²) in [4.78, 5) is 28.2. The van der Waals surface area contributed by atoms with Crippen molar-refractivity contribution in [1.82, 2.24) is 4.90 Å². The summed E-state index contributed by atoms with van der Waals surface area (Å²) in [6.45, 7) is 6.70. The molecule has 2 saturated heterocycles. The fraction of sp³-hybridized carbons (Fsp3) is 0.579. The SMILES string of the molecule is COC(=O)c1ccc(N2CC3CC2CN3C(=O)OC(C)(C)C)cc1CO. The smallest absolute Gasteiger partial charge is 0.410 e. The second-order valence-corrected chi connectivity index (χ2v) is 7.82. The molecule has 2 aliphatic heterocycles. The Labute approximate surface area is 153 Å². The fourth-order valence-corrected chi connectivity index (χ4v) is 3.73. The number of aliphatic hydroxyl groups excluding tert-OH is 1. The van der Waals surface area contributed by atoms with Gasteiger partial charge in [0.15, 0.2) is 0 Å². The molecular weight excluding hydrogens is 336 g/mol. The number of fused-ring (bicyclic) bond motifs is 2. The van der Waals surface area contributed by atoms with E-state index in [0.29, 0.717) is 24.2 Å². The summed E-state index contributed by atoms with van der Waals surface area (Å²) in [5, 5.41) is 9.59. The van der Waals surface area contributed by atoms with Gasteiger partial charge in [0.05, 0.1) is 25.3 Å². The Bertz CT molecular complexity index is 712. The van der Waals surface area contributed by atoms with Gasteiger partial charge in [-0.1, -0.05) is 0 Å². The van der Waals surface area contributed by atoms with Gasteiger partial charge in [-0.15, -0.1) is 0 Å². The van der Waals surface area contributed by atoms with Gasteiger partial charge < -0.3 is 24.4 Å². The van der Waals surface area contributed by atoms with Crippen LogP contribution in [0.25, 0.3) is 0 Å². The summed E-state index contributed by atoms with van der Waals surface area (Å²) in [7, 11) is 1.32. The Kier molecular flexibility index (Phi) is 4.84. The molecule has 1 amide bonds. The van der Waals surface area contributed by atoms with E-state index < -0.39 is 11.6 Å². The zero-order valence-electron chi connectivity index (χ0n) is 15.7. The number of piperazine rings is 1. The molecule has 0 spiro atoms. The predicted molar refractivity (Wildman–Crippen MR) is 96.2 cm³/mol. The number of likely N-dealkylation sites (tertiary alicyclic amines) is 1. The third-order valence-corrected chi connectivity index (χ3v) is 4.86. The first-order valence-electron chi connectivity index (χ1n) is 8.82. The van der Waals surface area contributed by atoms with E-state index in [1.807, 2.05) is 37.8 Å². The topological polar surface area (TPSA) is 79.3 Å². The average molecular weight is 362 g/mol. The van der Waals surface area contributed by atoms with Crippen molar-refractivity contribution in [2.45, 2.75) is 51.5 Å². The van der Waals surface area contributed by atoms with Gasteiger partial charge in [-0.3, -0.25) is 0 Å². The lowest BCUT2D eigenvalue weighted by Gasteiger charge is -2.36. The third kappa shape index (κ3) is 3.49. The molecule has 0 aromatic heterocycles. The van der Waals surface area contributed by atoms with Crippen molar-refractivity contribution >= 4 is 17.7 Å². The Hall–Kier alpha value is -2.28. The van der Waals surface area contributed by atoms with Crippen molar-refractivity contribution in [3.63, 3.8) is 0 Å². The number of nitrogens with zero attached hydrogens (tertiary/aromatic N) is 2. The number of hydrogen-bond donors (Lipinski definition) is 1. The first kappa shape index (κ1) is 18.5. The minimum atomic E-state index is -0.502. The molecule has 1 aromatic carbocycles. The molecule has 2 unspecified atom stereocenters. The zero-order valence-corrected chi connectivity index (χ0v) is 15.7. The number of amides is 1. The van der Waals surface area contributed by atoms with Crippen LogP contribution in [0.5, 0.6) is 0 Å². The number of carbonyl (C=O) groups excluding carboxylic acids is 2. The summed E-state index contributed by atoms with van der Waals surface area (Å²) < 4.78 is 10.2. The van der Waals surface area contributed by atoms with Crippen LogP contribution in [-0.4, -0.2) is 60.0 Å². The second-order valence-electron chi connectivity index (χ2n) is 7.82. The number of methoxy groups -OCH3 is 1. The van der Waals surface area contributed by atoms with Gasteiger partial charge in [-0.05, 0) is 51.0 Å². The predicted octanol–water partition coefficient (Wildman–Crippen LogP) is 2.16. The van der Waals surface area contributed by atoms with Crippen molar-refractivity contribution < 1.29 is 24.2 Å². The van der Waals surface area contributed by atoms with Gasteiger partial charge in [-0.2, -0.15) is 0 Å². The van der Waals surface area contributed by atoms with E-state index in [2.05, 4.69) is 4.90 Å². The lowest BCUT2D eigenvalue weighted by atomic mass is 10.1. The molecule has 0 radical (unpaired) electrons. The summed E-state index contributed by atoms with van der Waals surface area (Å²) in [6, 6.07) is 5.70. The van der Waals surface area contributed by atoms with E-state index in [1.165, 1.54) is 7.11 Å². The molecule has 26 heavy (non-hydrogen) atoms. The van der Waals surface area contributed by atoms with Crippen LogP contribution < -0.4 is 4.90 Å². The fourth-order valence-electron chi connectivity index (χ4n) is 3.73. The highest BCUT2D eigenvalue weighted by molar-refractivity contribution is 5.91. The number of hydrogen-bond acceptors (Lipinski definition) is 6. The average Bonchev–Trinajstić information content (AvgIpc) is 3.19. The van der Waals surface area contributed by atoms with Gasteiger partial charge in [0.1, 0.15) is 5.60 Å². The van der Waals surface area contributed by atoms with Crippen LogP contribution in [0.1, 0.15) is 43.1 Å². The van der Waals surface area contributed by atoms with Crippen molar-refractivity contribution in [2.75, 3.05) is 25.1 Å². The third-order valence-electron chi connectivity index (χ3n) is 4.86. The highest BCUT2D eigenvalue weighted by atomic mass is 16.6. The lowest BCUT2D eigenvalue weighted by Crippen LogP contribution is -2.50. The van der Waals surface area contributed by atoms with E-state index in [-0.39, 0.29) is 24.8 Å². The standard InChI is InChI=1S/C19H26N2O5/c1-19(2,3)26-18(24)21-10-14-8-15(21)9-20(14)13-5-6-16(17(23)25-4)12(7-13)11-22/h5-7,14-15,22H,8-11H2,1-4H3. The Morgan fingerprint density at radius 2 is 1.96 bits per heavy atom. The van der Waals surface area contributed by atoms with Crippen molar-refractivity contribution in [1.29, 1.82) is 0 Å². The highest BCUT2D eigenvalue weighted by Gasteiger charge is 2.46. The Morgan fingerprint density at radius 3 is 2.50 bits per heavy atom. The molecule has 3 rings (SSSR count). The normalized spacial score (nSPS) is 21.9. The minimum absolute atomic E-state index is 0.118. The molecule has 2 atom stereocenters. The zero-order chi connectivity index (χ0) is 19.1. The number of carbonyl (C=O) groups is 2. The number of ether oxygens (including phenoxy) is 2. The van der Waals surface area contributed by atoms with Crippen LogP contribution in [0, 0.1) is 0 Å². The molecular formula is C19H26N2O5. The van der Waals surface area contributed by atoms with E-state index in [4.69, 9.17) is 9.47 Å². The molecule has 2 fully saturated rings. The summed E-state index contributed by atoms with van der Waals surface area (Å²) >= 11 is 0. The molecule has 2 aliphatic rings. The first-order valence-corrected chi connectivity index (χ1v) is 8.82. The molecule has 2 bridgehead atoms. The van der Waals surface area contributed by atoms with Crippen LogP contribution in [0.4, 0.5) is 10.5 Å². The van der Waals surface area contributed by atoms with Crippen LogP contribution in [-0.2, 0) is 16.1 Å². The van der Waals surface area contributed by atoms with Crippen molar-refractivity contribution in [3.8, 4) is 0 Å². The molecule has 2 heterocycles. The first-order chi connectivity index (χ1) is 12.2. The van der Waals surface area contributed by atoms with Crippen LogP contribution in [0.3, 0.4) is 0 Å². The molecule has 1 N–H and O–H groups in total. The van der Waals surface area contributed by atoms with Gasteiger partial charge in [-0.25, -0.2) is 9.59 Å².